The summed E-state index contributed by atoms with van der Waals surface area (Å²) in [7, 11) is 0. The minimum Gasteiger partial charge on any atom is -0.311 e. The summed E-state index contributed by atoms with van der Waals surface area (Å²) in [6.45, 7) is 34.2. The fraction of sp³-hybridized carbons (Fsp3) is 0.324. The van der Waals surface area contributed by atoms with Crippen LogP contribution < -0.4 is 31.1 Å². The van der Waals surface area contributed by atoms with Crippen LogP contribution in [-0.4, -0.2) is 6.71 Å². The number of hydrogen-bond donors (Lipinski definition) is 0. The van der Waals surface area contributed by atoms with Gasteiger partial charge in [-0.1, -0.05) is 175 Å². The highest BCUT2D eigenvalue weighted by Gasteiger charge is 2.49. The van der Waals surface area contributed by atoms with Crippen LogP contribution in [0, 0.1) is 6.92 Å². The number of para-hydroxylation sites is 2. The molecule has 13 rings (SSSR count). The molecule has 3 nitrogen and oxygen atoms in total. The van der Waals surface area contributed by atoms with Gasteiger partial charge in [0.2, 0.25) is 0 Å². The Morgan fingerprint density at radius 1 is 0.427 bits per heavy atom. The first-order chi connectivity index (χ1) is 35.5. The maximum absolute atomic E-state index is 2.75. The maximum Gasteiger partial charge on any atom is 0.252 e. The van der Waals surface area contributed by atoms with Gasteiger partial charge in [-0.3, -0.25) is 0 Å². The predicted octanol–water partition coefficient (Wildman–Crippen LogP) is 17.5. The Kier molecular flexibility index (Phi) is 10.1. The first-order valence-electron chi connectivity index (χ1n) is 27.9. The molecular weight excluding hydrogens is 906 g/mol. The van der Waals surface area contributed by atoms with Gasteiger partial charge in [0.15, 0.2) is 0 Å². The highest BCUT2D eigenvalue weighted by atomic mass is 15.2. The SMILES string of the molecule is Cc1cc2c(cc1N1c3cc4c(cc3B3c5ccc(N(c6ccccc6)c6ccccc6)cc5N(c5ccc6c(c5)-c5ccccc5C6(C)C)c5cc(C(C)(C)C)cc1c53)C(C)(C)CCC4(C)C)C(C)(C)CC2(C)C. The van der Waals surface area contributed by atoms with Crippen molar-refractivity contribution in [2.45, 2.75) is 149 Å². The molecule has 0 saturated carbocycles. The molecule has 4 heteroatoms. The van der Waals surface area contributed by atoms with Gasteiger partial charge >= 0.3 is 0 Å². The zero-order valence-electron chi connectivity index (χ0n) is 47.1. The quantitative estimate of drug-likeness (QED) is 0.159. The highest BCUT2D eigenvalue weighted by molar-refractivity contribution is 7.00. The first kappa shape index (κ1) is 47.9. The molecule has 0 bridgehead atoms. The lowest BCUT2D eigenvalue weighted by molar-refractivity contribution is 0.332. The number of anilines is 9. The Morgan fingerprint density at radius 3 is 1.60 bits per heavy atom. The average Bonchev–Trinajstić information content (AvgIpc) is 3.71. The summed E-state index contributed by atoms with van der Waals surface area (Å²) in [5.41, 5.74) is 29.1. The van der Waals surface area contributed by atoms with Crippen molar-refractivity contribution in [3.8, 4) is 11.1 Å². The standard InChI is InChI=1S/C71H74BN3/c1-44-35-54-57(70(11,12)43-69(54,9)10)41-60(44)75-62-42-56-55(67(5,6)33-34-68(56,7)8)40-59(62)72-58-32-30-49(73(46-23-17-15-18-24-46)47-25-19-16-20-26-47)39-61(58)74(63-36-45(66(2,3)4)37-64(75)65(63)72)48-29-31-53-51(38-48)50-27-21-22-28-52(50)71(53,13)14/h15-32,35-42H,33-34,43H2,1-14H3. The Bertz CT molecular complexity index is 3640. The molecule has 0 saturated heterocycles. The fourth-order valence-corrected chi connectivity index (χ4v) is 15.0. The van der Waals surface area contributed by atoms with Crippen molar-refractivity contribution in [2.75, 3.05) is 14.7 Å². The van der Waals surface area contributed by atoms with E-state index in [1.54, 1.807) is 0 Å². The minimum atomic E-state index is -0.153. The van der Waals surface area contributed by atoms with E-state index >= 15 is 0 Å². The molecule has 2 heterocycles. The zero-order valence-corrected chi connectivity index (χ0v) is 47.1. The predicted molar refractivity (Wildman–Crippen MR) is 322 cm³/mol. The second-order valence-corrected chi connectivity index (χ2v) is 27.3. The van der Waals surface area contributed by atoms with Gasteiger partial charge < -0.3 is 14.7 Å². The molecule has 8 aromatic rings. The van der Waals surface area contributed by atoms with Crippen molar-refractivity contribution in [1.82, 2.24) is 0 Å². The summed E-state index contributed by atoms with van der Waals surface area (Å²) >= 11 is 0. The molecule has 0 aromatic heterocycles. The molecule has 0 radical (unpaired) electrons. The molecule has 8 aromatic carbocycles. The van der Waals surface area contributed by atoms with Gasteiger partial charge in [-0.05, 0) is 198 Å². The minimum absolute atomic E-state index is 0.0246. The van der Waals surface area contributed by atoms with E-state index in [1.807, 2.05) is 0 Å². The molecule has 75 heavy (non-hydrogen) atoms. The van der Waals surface area contributed by atoms with E-state index in [0.717, 1.165) is 36.3 Å². The first-order valence-corrected chi connectivity index (χ1v) is 27.9. The highest BCUT2D eigenvalue weighted by Crippen LogP contribution is 2.56. The Balaban J connectivity index is 1.16. The van der Waals surface area contributed by atoms with E-state index in [0.29, 0.717) is 0 Å². The normalized spacial score (nSPS) is 18.3. The number of rotatable bonds is 5. The summed E-state index contributed by atoms with van der Waals surface area (Å²) in [4.78, 5) is 7.85. The van der Waals surface area contributed by atoms with Gasteiger partial charge in [0, 0.05) is 56.6 Å². The van der Waals surface area contributed by atoms with E-state index in [1.165, 1.54) is 106 Å². The van der Waals surface area contributed by atoms with Crippen LogP contribution in [0.2, 0.25) is 0 Å². The van der Waals surface area contributed by atoms with Crippen molar-refractivity contribution in [3.63, 3.8) is 0 Å². The molecule has 0 amide bonds. The fourth-order valence-electron chi connectivity index (χ4n) is 15.0. The van der Waals surface area contributed by atoms with Gasteiger partial charge in [0.05, 0.1) is 0 Å². The Labute approximate surface area is 448 Å². The van der Waals surface area contributed by atoms with Crippen LogP contribution in [0.3, 0.4) is 0 Å². The van der Waals surface area contributed by atoms with E-state index in [-0.39, 0.29) is 39.2 Å². The molecule has 5 aliphatic rings. The van der Waals surface area contributed by atoms with Gasteiger partial charge in [-0.2, -0.15) is 0 Å². The Morgan fingerprint density at radius 2 is 0.960 bits per heavy atom. The summed E-state index contributed by atoms with van der Waals surface area (Å²) < 4.78 is 0. The van der Waals surface area contributed by atoms with Crippen LogP contribution in [0.15, 0.2) is 158 Å². The van der Waals surface area contributed by atoms with Gasteiger partial charge in [0.1, 0.15) is 0 Å². The van der Waals surface area contributed by atoms with Gasteiger partial charge in [-0.15, -0.1) is 0 Å². The van der Waals surface area contributed by atoms with Crippen LogP contribution in [-0.2, 0) is 32.5 Å². The third-order valence-electron chi connectivity index (χ3n) is 18.9. The summed E-state index contributed by atoms with van der Waals surface area (Å²) in [5.74, 6) is 0. The van der Waals surface area contributed by atoms with Crippen molar-refractivity contribution in [1.29, 1.82) is 0 Å². The van der Waals surface area contributed by atoms with Gasteiger partial charge in [-0.25, -0.2) is 0 Å². The number of benzene rings is 8. The third-order valence-corrected chi connectivity index (χ3v) is 18.9. The molecular formula is C71H74BN3. The number of nitrogens with zero attached hydrogens (tertiary/aromatic N) is 3. The van der Waals surface area contributed by atoms with Crippen molar-refractivity contribution >= 4 is 74.3 Å². The molecule has 2 aliphatic heterocycles. The monoisotopic (exact) mass is 980 g/mol. The average molecular weight is 980 g/mol. The lowest BCUT2D eigenvalue weighted by Crippen LogP contribution is -2.62. The van der Waals surface area contributed by atoms with E-state index < -0.39 is 0 Å². The molecule has 0 spiro atoms. The van der Waals surface area contributed by atoms with E-state index in [9.17, 15) is 0 Å². The van der Waals surface area contributed by atoms with Crippen molar-refractivity contribution in [2.24, 2.45) is 0 Å². The number of fused-ring (bicyclic) bond motifs is 9. The largest absolute Gasteiger partial charge is 0.311 e. The van der Waals surface area contributed by atoms with E-state index in [2.05, 4.69) is 269 Å². The molecule has 376 valence electrons. The third kappa shape index (κ3) is 7.06. The summed E-state index contributed by atoms with van der Waals surface area (Å²) in [6.07, 6.45) is 3.45. The van der Waals surface area contributed by atoms with Crippen LogP contribution >= 0.6 is 0 Å². The zero-order chi connectivity index (χ0) is 52.5. The number of hydrogen-bond acceptors (Lipinski definition) is 3. The molecule has 0 atom stereocenters. The number of aryl methyl sites for hydroxylation is 1. The van der Waals surface area contributed by atoms with E-state index in [4.69, 9.17) is 0 Å². The maximum atomic E-state index is 2.75. The molecule has 3 aliphatic carbocycles. The van der Waals surface area contributed by atoms with Crippen LogP contribution in [0.5, 0.6) is 0 Å². The second-order valence-electron chi connectivity index (χ2n) is 27.3. The summed E-state index contributed by atoms with van der Waals surface area (Å²) in [5, 5.41) is 0. The lowest BCUT2D eigenvalue weighted by Gasteiger charge is -2.48. The topological polar surface area (TPSA) is 9.72 Å². The van der Waals surface area contributed by atoms with Crippen LogP contribution in [0.4, 0.5) is 51.2 Å². The van der Waals surface area contributed by atoms with Crippen molar-refractivity contribution < 1.29 is 0 Å². The van der Waals surface area contributed by atoms with Crippen LogP contribution in [0.25, 0.3) is 11.1 Å². The smallest absolute Gasteiger partial charge is 0.252 e. The molecule has 0 fully saturated rings. The Hall–Kier alpha value is -6.78. The van der Waals surface area contributed by atoms with Gasteiger partial charge in [0.25, 0.3) is 6.71 Å². The lowest BCUT2D eigenvalue weighted by atomic mass is 9.33. The molecule has 0 unspecified atom stereocenters. The van der Waals surface area contributed by atoms with Crippen molar-refractivity contribution in [3.05, 3.63) is 202 Å². The summed E-state index contributed by atoms with van der Waals surface area (Å²) in [6, 6.07) is 61.4. The van der Waals surface area contributed by atoms with Crippen LogP contribution in [0.1, 0.15) is 154 Å². The molecule has 0 N–H and O–H groups in total. The second kappa shape index (κ2) is 15.9.